The fourth-order valence-corrected chi connectivity index (χ4v) is 4.82. The number of unbranched alkanes of at least 4 members (excludes halogenated alkanes) is 2. The van der Waals surface area contributed by atoms with Crippen molar-refractivity contribution in [1.29, 1.82) is 0 Å². The van der Waals surface area contributed by atoms with Gasteiger partial charge in [0.05, 0.1) is 23.2 Å². The Labute approximate surface area is 203 Å². The maximum absolute atomic E-state index is 12.9. The third-order valence-corrected chi connectivity index (χ3v) is 7.35. The highest BCUT2D eigenvalue weighted by Crippen LogP contribution is 2.44. The lowest BCUT2D eigenvalue weighted by Gasteiger charge is -2.18. The van der Waals surface area contributed by atoms with Gasteiger partial charge < -0.3 is 9.73 Å². The summed E-state index contributed by atoms with van der Waals surface area (Å²) in [4.78, 5) is 17.8. The van der Waals surface area contributed by atoms with Gasteiger partial charge in [-0.3, -0.25) is 9.35 Å². The number of furan rings is 1. The molecule has 8 heteroatoms. The lowest BCUT2D eigenvalue weighted by atomic mass is 9.99. The first-order valence-electron chi connectivity index (χ1n) is 12.0. The monoisotopic (exact) mass is 483 g/mol. The first-order valence-corrected chi connectivity index (χ1v) is 13.0. The van der Waals surface area contributed by atoms with Gasteiger partial charge in [-0.1, -0.05) is 31.9 Å². The normalized spacial score (nSPS) is 14.6. The number of nitrogens with zero attached hydrogens (tertiary/aromatic N) is 2. The first kappa shape index (κ1) is 24.6. The number of aromatic nitrogens is 1. The molecule has 2 aromatic heterocycles. The molecule has 1 atom stereocenters. The molecule has 0 saturated heterocycles. The van der Waals surface area contributed by atoms with Gasteiger partial charge in [-0.05, 0) is 67.9 Å². The summed E-state index contributed by atoms with van der Waals surface area (Å²) in [7, 11) is 1.61. The van der Waals surface area contributed by atoms with Gasteiger partial charge >= 0.3 is 0 Å². The maximum Gasteiger partial charge on any atom is 0.255 e. The smallest absolute Gasteiger partial charge is 0.255 e. The van der Waals surface area contributed by atoms with Crippen LogP contribution in [0.25, 0.3) is 22.4 Å². The third kappa shape index (κ3) is 5.09. The van der Waals surface area contributed by atoms with Gasteiger partial charge in [-0.25, -0.2) is 9.19 Å². The van der Waals surface area contributed by atoms with Crippen molar-refractivity contribution in [1.82, 2.24) is 14.6 Å². The van der Waals surface area contributed by atoms with Gasteiger partial charge in [0.25, 0.3) is 5.91 Å². The van der Waals surface area contributed by atoms with Gasteiger partial charge in [0, 0.05) is 19.2 Å². The average molecular weight is 484 g/mol. The number of pyridine rings is 1. The van der Waals surface area contributed by atoms with Crippen molar-refractivity contribution in [2.75, 3.05) is 13.6 Å². The standard InChI is InChI=1S/C26H33N3O4S/c1-5-6-7-12-29(34(31)32)15-22-20(18-10-11-18)14-21-23(25(30)27-4)24(33-26(21)28-22)19-9-8-16(2)17(3)13-19/h8-9,13-14,18H,5-7,10-12,15H2,1-4H3,(H,27,30)(H,31,32). The number of carbonyl (C=O) groups is 1. The van der Waals surface area contributed by atoms with Crippen molar-refractivity contribution in [3.05, 3.63) is 52.2 Å². The zero-order chi connectivity index (χ0) is 24.4. The van der Waals surface area contributed by atoms with Crippen molar-refractivity contribution < 1.29 is 18.0 Å². The fraction of sp³-hybridized carbons (Fsp3) is 0.462. The Hall–Kier alpha value is -2.55. The number of nitrogens with one attached hydrogen (secondary N) is 1. The summed E-state index contributed by atoms with van der Waals surface area (Å²) in [5.41, 5.74) is 5.75. The number of fused-ring (bicyclic) bond motifs is 1. The van der Waals surface area contributed by atoms with E-state index in [1.807, 2.05) is 38.1 Å². The molecule has 0 spiro atoms. The van der Waals surface area contributed by atoms with E-state index in [-0.39, 0.29) is 12.5 Å². The second kappa shape index (κ2) is 10.4. The molecule has 1 unspecified atom stereocenters. The molecule has 3 aromatic rings. The van der Waals surface area contributed by atoms with E-state index in [0.29, 0.717) is 34.9 Å². The lowest BCUT2D eigenvalue weighted by molar-refractivity contribution is 0.0964. The molecule has 1 fully saturated rings. The van der Waals surface area contributed by atoms with Crippen molar-refractivity contribution in [3.8, 4) is 11.3 Å². The third-order valence-electron chi connectivity index (χ3n) is 6.59. The highest BCUT2D eigenvalue weighted by Gasteiger charge is 2.31. The molecule has 0 bridgehead atoms. The minimum atomic E-state index is -2.09. The lowest BCUT2D eigenvalue weighted by Crippen LogP contribution is -2.27. The van der Waals surface area contributed by atoms with Crippen LogP contribution in [0.3, 0.4) is 0 Å². The minimum absolute atomic E-state index is 0.221. The molecule has 1 aromatic carbocycles. The number of hydrogen-bond acceptors (Lipinski definition) is 4. The van der Waals surface area contributed by atoms with Crippen molar-refractivity contribution in [3.63, 3.8) is 0 Å². The van der Waals surface area contributed by atoms with E-state index in [9.17, 15) is 13.6 Å². The number of aryl methyl sites for hydroxylation is 2. The van der Waals surface area contributed by atoms with E-state index in [2.05, 4.69) is 12.2 Å². The Morgan fingerprint density at radius 2 is 2.00 bits per heavy atom. The summed E-state index contributed by atoms with van der Waals surface area (Å²) < 4.78 is 29.7. The molecule has 0 aliphatic heterocycles. The fourth-order valence-electron chi connectivity index (χ4n) is 4.30. The molecule has 4 rings (SSSR count). The molecule has 1 aliphatic rings. The van der Waals surface area contributed by atoms with E-state index in [0.717, 1.165) is 60.1 Å². The van der Waals surface area contributed by atoms with Gasteiger partial charge in [0.1, 0.15) is 5.76 Å². The Morgan fingerprint density at radius 3 is 2.62 bits per heavy atom. The second-order valence-electron chi connectivity index (χ2n) is 9.14. The molecule has 7 nitrogen and oxygen atoms in total. The Balaban J connectivity index is 1.83. The molecule has 34 heavy (non-hydrogen) atoms. The van der Waals surface area contributed by atoms with E-state index < -0.39 is 11.3 Å². The van der Waals surface area contributed by atoms with Crippen LogP contribution < -0.4 is 5.32 Å². The number of rotatable bonds is 10. The number of carbonyl (C=O) groups excluding carboxylic acids is 1. The van der Waals surface area contributed by atoms with Crippen LogP contribution in [0.1, 0.15) is 77.7 Å². The van der Waals surface area contributed by atoms with E-state index in [4.69, 9.17) is 9.40 Å². The zero-order valence-corrected chi connectivity index (χ0v) is 21.1. The molecular weight excluding hydrogens is 450 g/mol. The van der Waals surface area contributed by atoms with Crippen LogP contribution in [0.4, 0.5) is 0 Å². The summed E-state index contributed by atoms with van der Waals surface area (Å²) in [6, 6.07) is 8.01. The van der Waals surface area contributed by atoms with E-state index in [1.54, 1.807) is 11.4 Å². The predicted molar refractivity (Wildman–Crippen MR) is 135 cm³/mol. The van der Waals surface area contributed by atoms with Crippen molar-refractivity contribution >= 4 is 28.3 Å². The minimum Gasteiger partial charge on any atom is -0.437 e. The second-order valence-corrected chi connectivity index (χ2v) is 10.1. The summed E-state index contributed by atoms with van der Waals surface area (Å²) in [5, 5.41) is 3.42. The summed E-state index contributed by atoms with van der Waals surface area (Å²) >= 11 is -2.09. The highest BCUT2D eigenvalue weighted by atomic mass is 32.2. The van der Waals surface area contributed by atoms with Crippen LogP contribution in [0, 0.1) is 13.8 Å². The predicted octanol–water partition coefficient (Wildman–Crippen LogP) is 5.48. The van der Waals surface area contributed by atoms with E-state index in [1.165, 1.54) is 0 Å². The number of benzene rings is 1. The van der Waals surface area contributed by atoms with Gasteiger partial charge in [0.15, 0.2) is 0 Å². The molecule has 1 aliphatic carbocycles. The summed E-state index contributed by atoms with van der Waals surface area (Å²) in [5.74, 6) is 0.629. The van der Waals surface area contributed by atoms with Crippen LogP contribution in [0.15, 0.2) is 28.7 Å². The summed E-state index contributed by atoms with van der Waals surface area (Å²) in [6.45, 7) is 6.98. The zero-order valence-electron chi connectivity index (χ0n) is 20.3. The SMILES string of the molecule is CCCCCN(Cc1nc2oc(-c3ccc(C)c(C)c3)c(C(=O)NC)c2cc1C1CC1)S(=O)O. The number of hydrogen-bond donors (Lipinski definition) is 2. The molecule has 0 radical (unpaired) electrons. The summed E-state index contributed by atoms with van der Waals surface area (Å²) in [6.07, 6.45) is 5.00. The Bertz CT molecular complexity index is 1230. The molecular formula is C26H33N3O4S. The van der Waals surface area contributed by atoms with Gasteiger partial charge in [0.2, 0.25) is 17.0 Å². The Kier molecular flexibility index (Phi) is 7.50. The van der Waals surface area contributed by atoms with Gasteiger partial charge in [-0.2, -0.15) is 4.31 Å². The van der Waals surface area contributed by atoms with Gasteiger partial charge in [-0.15, -0.1) is 0 Å². The first-order chi connectivity index (χ1) is 16.3. The highest BCUT2D eigenvalue weighted by molar-refractivity contribution is 7.76. The molecule has 2 N–H and O–H groups in total. The quantitative estimate of drug-likeness (QED) is 0.294. The van der Waals surface area contributed by atoms with E-state index >= 15 is 0 Å². The maximum atomic E-state index is 12.9. The Morgan fingerprint density at radius 1 is 1.24 bits per heavy atom. The van der Waals surface area contributed by atoms with Crippen molar-refractivity contribution in [2.45, 2.75) is 65.3 Å². The van der Waals surface area contributed by atoms with Crippen LogP contribution in [-0.2, 0) is 17.8 Å². The van der Waals surface area contributed by atoms with Crippen molar-refractivity contribution in [2.24, 2.45) is 0 Å². The van der Waals surface area contributed by atoms with Crippen LogP contribution in [0.5, 0.6) is 0 Å². The molecule has 182 valence electrons. The molecule has 1 amide bonds. The average Bonchev–Trinajstić information content (AvgIpc) is 3.59. The largest absolute Gasteiger partial charge is 0.437 e. The topological polar surface area (TPSA) is 95.7 Å². The van der Waals surface area contributed by atoms with Crippen LogP contribution >= 0.6 is 0 Å². The molecule has 2 heterocycles. The number of amides is 1. The molecule has 1 saturated carbocycles. The van der Waals surface area contributed by atoms with Crippen LogP contribution in [0.2, 0.25) is 0 Å². The van der Waals surface area contributed by atoms with Crippen LogP contribution in [-0.4, -0.2) is 37.6 Å².